The summed E-state index contributed by atoms with van der Waals surface area (Å²) < 4.78 is 30.8. The molecule has 0 bridgehead atoms. The molecule has 1 amide bonds. The average Bonchev–Trinajstić information content (AvgIpc) is 3.02. The summed E-state index contributed by atoms with van der Waals surface area (Å²) in [5, 5.41) is 2.74. The van der Waals surface area contributed by atoms with Gasteiger partial charge in [-0.3, -0.25) is 0 Å². The van der Waals surface area contributed by atoms with Crippen molar-refractivity contribution in [2.45, 2.75) is 51.5 Å². The summed E-state index contributed by atoms with van der Waals surface area (Å²) in [6.07, 6.45) is 0.234. The molecule has 1 unspecified atom stereocenters. The lowest BCUT2D eigenvalue weighted by molar-refractivity contribution is 0.0526. The zero-order valence-electron chi connectivity index (χ0n) is 16.7. The lowest BCUT2D eigenvalue weighted by atomic mass is 10.2. The van der Waals surface area contributed by atoms with Crippen LogP contribution in [0.3, 0.4) is 0 Å². The summed E-state index contributed by atoms with van der Waals surface area (Å²) in [7, 11) is -1.31. The van der Waals surface area contributed by atoms with Gasteiger partial charge < -0.3 is 19.5 Å². The summed E-state index contributed by atoms with van der Waals surface area (Å²) in [4.78, 5) is 12.4. The molecule has 1 aromatic carbocycles. The van der Waals surface area contributed by atoms with Gasteiger partial charge in [0.1, 0.15) is 16.6 Å². The Morgan fingerprint density at radius 1 is 1.30 bits per heavy atom. The van der Waals surface area contributed by atoms with Crippen molar-refractivity contribution in [1.29, 1.82) is 0 Å². The fourth-order valence-corrected chi connectivity index (χ4v) is 3.96. The van der Waals surface area contributed by atoms with E-state index in [1.54, 1.807) is 18.2 Å². The molecule has 0 spiro atoms. The fraction of sp³-hybridized carbons (Fsp3) is 0.632. The van der Waals surface area contributed by atoms with Gasteiger partial charge in [0.2, 0.25) is 6.79 Å². The molecular weight excluding hydrogens is 368 g/mol. The van der Waals surface area contributed by atoms with Gasteiger partial charge in [0, 0.05) is 25.7 Å². The number of carbonyl (C=O) groups is 1. The molecule has 7 nitrogen and oxygen atoms in total. The minimum Gasteiger partial charge on any atom is -0.454 e. The minimum absolute atomic E-state index is 0.192. The van der Waals surface area contributed by atoms with Crippen molar-refractivity contribution in [3.8, 4) is 11.5 Å². The number of nitrogens with zero attached hydrogens (tertiary/aromatic N) is 1. The molecule has 27 heavy (non-hydrogen) atoms. The Kier molecular flexibility index (Phi) is 7.49. The Balaban J connectivity index is 1.90. The SMILES string of the molecule is CC(C)CN(CCCNC(=O)OC(C)(C)C)S(=O)c1ccc2c(c1)OCO2. The first-order valence-electron chi connectivity index (χ1n) is 9.19. The van der Waals surface area contributed by atoms with E-state index in [1.165, 1.54) is 0 Å². The minimum atomic E-state index is -1.31. The van der Waals surface area contributed by atoms with Crippen molar-refractivity contribution in [2.75, 3.05) is 26.4 Å². The Hall–Kier alpha value is -1.80. The standard InChI is InChI=1S/C19H30N2O5S/c1-14(2)12-21(10-6-9-20-18(22)26-19(3,4)5)27(23)15-7-8-16-17(11-15)25-13-24-16/h7-8,11,14H,6,9-10,12-13H2,1-5H3,(H,20,22). The van der Waals surface area contributed by atoms with Crippen molar-refractivity contribution in [2.24, 2.45) is 5.92 Å². The fourth-order valence-electron chi connectivity index (χ4n) is 2.54. The van der Waals surface area contributed by atoms with Crippen LogP contribution in [-0.4, -0.2) is 46.6 Å². The zero-order chi connectivity index (χ0) is 20.0. The first kappa shape index (κ1) is 21.5. The predicted molar refractivity (Wildman–Crippen MR) is 104 cm³/mol. The monoisotopic (exact) mass is 398 g/mol. The number of carbonyl (C=O) groups excluding carboxylic acids is 1. The van der Waals surface area contributed by atoms with E-state index in [2.05, 4.69) is 19.2 Å². The molecule has 152 valence electrons. The van der Waals surface area contributed by atoms with Gasteiger partial charge in [0.05, 0.1) is 4.90 Å². The van der Waals surface area contributed by atoms with Crippen LogP contribution in [0.4, 0.5) is 4.79 Å². The smallest absolute Gasteiger partial charge is 0.407 e. The average molecular weight is 399 g/mol. The third kappa shape index (κ3) is 7.03. The number of fused-ring (bicyclic) bond motifs is 1. The summed E-state index contributed by atoms with van der Waals surface area (Å²) in [5.74, 6) is 1.66. The van der Waals surface area contributed by atoms with Crippen molar-refractivity contribution in [3.05, 3.63) is 18.2 Å². The number of ether oxygens (including phenoxy) is 3. The highest BCUT2D eigenvalue weighted by atomic mass is 32.2. The van der Waals surface area contributed by atoms with E-state index in [4.69, 9.17) is 14.2 Å². The van der Waals surface area contributed by atoms with E-state index >= 15 is 0 Å². The number of benzene rings is 1. The lowest BCUT2D eigenvalue weighted by Gasteiger charge is -2.23. The number of rotatable bonds is 8. The van der Waals surface area contributed by atoms with Crippen LogP contribution in [0, 0.1) is 5.92 Å². The summed E-state index contributed by atoms with van der Waals surface area (Å²) in [5.41, 5.74) is -0.519. The Morgan fingerprint density at radius 2 is 2.00 bits per heavy atom. The highest BCUT2D eigenvalue weighted by Gasteiger charge is 2.21. The van der Waals surface area contributed by atoms with E-state index in [9.17, 15) is 9.00 Å². The van der Waals surface area contributed by atoms with Crippen LogP contribution in [0.15, 0.2) is 23.1 Å². The number of nitrogens with one attached hydrogen (secondary N) is 1. The van der Waals surface area contributed by atoms with E-state index in [0.717, 1.165) is 0 Å². The van der Waals surface area contributed by atoms with Crippen molar-refractivity contribution >= 4 is 17.1 Å². The molecule has 0 radical (unpaired) electrons. The van der Waals surface area contributed by atoms with Crippen LogP contribution in [0.25, 0.3) is 0 Å². The molecule has 1 aromatic rings. The van der Waals surface area contributed by atoms with Gasteiger partial charge in [0.15, 0.2) is 11.5 Å². The lowest BCUT2D eigenvalue weighted by Crippen LogP contribution is -2.36. The molecule has 0 saturated heterocycles. The molecule has 0 fully saturated rings. The molecule has 2 rings (SSSR count). The molecule has 1 N–H and O–H groups in total. The second-order valence-electron chi connectivity index (χ2n) is 7.83. The normalized spacial score (nSPS) is 14.5. The maximum Gasteiger partial charge on any atom is 0.407 e. The molecule has 1 aliphatic heterocycles. The Morgan fingerprint density at radius 3 is 2.67 bits per heavy atom. The molecule has 1 aliphatic rings. The van der Waals surface area contributed by atoms with Crippen LogP contribution < -0.4 is 14.8 Å². The van der Waals surface area contributed by atoms with Gasteiger partial charge in [-0.1, -0.05) is 13.8 Å². The molecule has 1 atom stereocenters. The van der Waals surface area contributed by atoms with Crippen LogP contribution in [0.5, 0.6) is 11.5 Å². The second kappa shape index (κ2) is 9.41. The second-order valence-corrected chi connectivity index (χ2v) is 9.31. The number of hydrogen-bond donors (Lipinski definition) is 1. The summed E-state index contributed by atoms with van der Waals surface area (Å²) >= 11 is 0. The van der Waals surface area contributed by atoms with Crippen LogP contribution in [0.1, 0.15) is 41.0 Å². The first-order chi connectivity index (χ1) is 12.7. The van der Waals surface area contributed by atoms with Crippen molar-refractivity contribution in [1.82, 2.24) is 9.62 Å². The molecule has 0 aliphatic carbocycles. The largest absolute Gasteiger partial charge is 0.454 e. The highest BCUT2D eigenvalue weighted by molar-refractivity contribution is 7.82. The molecule has 1 heterocycles. The van der Waals surface area contributed by atoms with Gasteiger partial charge in [0.25, 0.3) is 0 Å². The number of amides is 1. The topological polar surface area (TPSA) is 77.1 Å². The molecule has 0 saturated carbocycles. The predicted octanol–water partition coefficient (Wildman–Crippen LogP) is 3.31. The number of alkyl carbamates (subject to hydrolysis) is 1. The van der Waals surface area contributed by atoms with Crippen molar-refractivity contribution in [3.63, 3.8) is 0 Å². The highest BCUT2D eigenvalue weighted by Crippen LogP contribution is 2.33. The molecular formula is C19H30N2O5S. The Labute approximate surface area is 163 Å². The van der Waals surface area contributed by atoms with E-state index < -0.39 is 22.7 Å². The van der Waals surface area contributed by atoms with Gasteiger partial charge in [-0.05, 0) is 45.2 Å². The number of hydrogen-bond acceptors (Lipinski definition) is 5. The van der Waals surface area contributed by atoms with Gasteiger partial charge in [-0.15, -0.1) is 0 Å². The van der Waals surface area contributed by atoms with Gasteiger partial charge >= 0.3 is 6.09 Å². The summed E-state index contributed by atoms with van der Waals surface area (Å²) in [6, 6.07) is 5.35. The van der Waals surface area contributed by atoms with Gasteiger partial charge in [-0.25, -0.2) is 13.3 Å². The molecule has 8 heteroatoms. The van der Waals surface area contributed by atoms with Crippen LogP contribution in [0.2, 0.25) is 0 Å². The van der Waals surface area contributed by atoms with Crippen LogP contribution >= 0.6 is 0 Å². The Bertz CT molecular complexity index is 673. The summed E-state index contributed by atoms with van der Waals surface area (Å²) in [6.45, 7) is 11.6. The third-order valence-electron chi connectivity index (χ3n) is 3.60. The van der Waals surface area contributed by atoms with Gasteiger partial charge in [-0.2, -0.15) is 0 Å². The van der Waals surface area contributed by atoms with Crippen molar-refractivity contribution < 1.29 is 23.2 Å². The maximum absolute atomic E-state index is 13.0. The first-order valence-corrected chi connectivity index (χ1v) is 10.3. The van der Waals surface area contributed by atoms with E-state index in [0.29, 0.717) is 48.4 Å². The van der Waals surface area contributed by atoms with E-state index in [-0.39, 0.29) is 6.79 Å². The van der Waals surface area contributed by atoms with Crippen LogP contribution in [-0.2, 0) is 15.7 Å². The quantitative estimate of drug-likeness (QED) is 0.680. The van der Waals surface area contributed by atoms with E-state index in [1.807, 2.05) is 25.1 Å². The zero-order valence-corrected chi connectivity index (χ0v) is 17.6. The third-order valence-corrected chi connectivity index (χ3v) is 5.06. The molecule has 0 aromatic heterocycles. The maximum atomic E-state index is 13.0.